The van der Waals surface area contributed by atoms with Gasteiger partial charge < -0.3 is 16.2 Å². The molecule has 1 aliphatic rings. The third-order valence-electron chi connectivity index (χ3n) is 3.34. The summed E-state index contributed by atoms with van der Waals surface area (Å²) in [6, 6.07) is 10.1. The molecular formula is C16H25N5O2. The molecule has 0 atom stereocenters. The van der Waals surface area contributed by atoms with Gasteiger partial charge in [-0.05, 0) is 32.3 Å². The molecule has 0 spiro atoms. The molecule has 0 aromatic heterocycles. The molecule has 7 heteroatoms. The number of rotatable bonds is 8. The van der Waals surface area contributed by atoms with E-state index < -0.39 is 5.66 Å². The predicted molar refractivity (Wildman–Crippen MR) is 90.4 cm³/mol. The first-order chi connectivity index (χ1) is 11.0. The fourth-order valence-electron chi connectivity index (χ4n) is 2.24. The van der Waals surface area contributed by atoms with Gasteiger partial charge >= 0.3 is 0 Å². The number of ether oxygens (including phenoxy) is 1. The van der Waals surface area contributed by atoms with Crippen molar-refractivity contribution in [3.05, 3.63) is 35.9 Å². The van der Waals surface area contributed by atoms with Crippen molar-refractivity contribution in [3.63, 3.8) is 0 Å². The highest BCUT2D eigenvalue weighted by Crippen LogP contribution is 2.19. The molecule has 1 heterocycles. The van der Waals surface area contributed by atoms with E-state index in [0.717, 1.165) is 12.8 Å². The number of unbranched alkanes of at least 4 members (excludes halogenated alkanes) is 1. The van der Waals surface area contributed by atoms with Crippen molar-refractivity contribution in [1.29, 1.82) is 0 Å². The Morgan fingerprint density at radius 2 is 1.78 bits per heavy atom. The largest absolute Gasteiger partial charge is 0.377 e. The van der Waals surface area contributed by atoms with Crippen LogP contribution in [0.4, 0.5) is 0 Å². The first-order valence-electron chi connectivity index (χ1n) is 7.73. The Labute approximate surface area is 136 Å². The lowest BCUT2D eigenvalue weighted by atomic mass is 10.2. The van der Waals surface area contributed by atoms with E-state index in [1.165, 1.54) is 10.6 Å². The monoisotopic (exact) mass is 319 g/mol. The van der Waals surface area contributed by atoms with Gasteiger partial charge in [-0.2, -0.15) is 10.1 Å². The summed E-state index contributed by atoms with van der Waals surface area (Å²) in [7, 11) is 0. The number of guanidine groups is 2. The van der Waals surface area contributed by atoms with Crippen LogP contribution in [-0.2, 0) is 16.2 Å². The third kappa shape index (κ3) is 5.22. The molecule has 23 heavy (non-hydrogen) atoms. The maximum absolute atomic E-state index is 5.84. The summed E-state index contributed by atoms with van der Waals surface area (Å²) in [5, 5.41) is 1.49. The molecule has 7 nitrogen and oxygen atoms in total. The van der Waals surface area contributed by atoms with Crippen molar-refractivity contribution >= 4 is 11.9 Å². The van der Waals surface area contributed by atoms with Gasteiger partial charge in [0, 0.05) is 6.61 Å². The van der Waals surface area contributed by atoms with Crippen LogP contribution in [0.3, 0.4) is 0 Å². The van der Waals surface area contributed by atoms with Gasteiger partial charge in [-0.3, -0.25) is 4.84 Å². The number of nitrogens with two attached hydrogens (primary N) is 2. The third-order valence-corrected chi connectivity index (χ3v) is 3.34. The van der Waals surface area contributed by atoms with E-state index in [2.05, 4.69) is 22.1 Å². The molecule has 126 valence electrons. The summed E-state index contributed by atoms with van der Waals surface area (Å²) >= 11 is 0. The van der Waals surface area contributed by atoms with Crippen LogP contribution >= 0.6 is 0 Å². The van der Waals surface area contributed by atoms with Gasteiger partial charge in [-0.1, -0.05) is 30.3 Å². The van der Waals surface area contributed by atoms with Crippen molar-refractivity contribution in [3.8, 4) is 0 Å². The zero-order chi connectivity index (χ0) is 16.7. The normalized spacial score (nSPS) is 16.9. The minimum Gasteiger partial charge on any atom is -0.377 e. The standard InChI is InChI=1S/C16H25N5O2/c1-16(2)20-14(17)19-15(18)21(16)23-11-7-6-10-22-12-13-8-4-3-5-9-13/h3-5,8-9H,6-7,10-12H2,1-2H3,(H4,17,18,19,20). The summed E-state index contributed by atoms with van der Waals surface area (Å²) in [4.78, 5) is 13.8. The van der Waals surface area contributed by atoms with Crippen molar-refractivity contribution < 1.29 is 9.57 Å². The second-order valence-corrected chi connectivity index (χ2v) is 5.81. The van der Waals surface area contributed by atoms with E-state index in [1.54, 1.807) is 0 Å². The van der Waals surface area contributed by atoms with E-state index in [9.17, 15) is 0 Å². The number of hydrogen-bond donors (Lipinski definition) is 2. The van der Waals surface area contributed by atoms with E-state index in [0.29, 0.717) is 19.8 Å². The summed E-state index contributed by atoms with van der Waals surface area (Å²) in [6.07, 6.45) is 1.76. The van der Waals surface area contributed by atoms with Crippen LogP contribution in [0.15, 0.2) is 40.3 Å². The van der Waals surface area contributed by atoms with E-state index in [1.807, 2.05) is 32.0 Å². The van der Waals surface area contributed by atoms with Crippen molar-refractivity contribution in [1.82, 2.24) is 5.06 Å². The maximum Gasteiger partial charge on any atom is 0.226 e. The summed E-state index contributed by atoms with van der Waals surface area (Å²) in [5.41, 5.74) is 12.0. The smallest absolute Gasteiger partial charge is 0.226 e. The van der Waals surface area contributed by atoms with E-state index >= 15 is 0 Å². The number of hydroxylamine groups is 2. The number of nitrogens with zero attached hydrogens (tertiary/aromatic N) is 3. The second kappa shape index (κ2) is 7.94. The van der Waals surface area contributed by atoms with Gasteiger partial charge in [-0.25, -0.2) is 4.99 Å². The molecular weight excluding hydrogens is 294 g/mol. The average molecular weight is 319 g/mol. The van der Waals surface area contributed by atoms with Gasteiger partial charge in [-0.15, -0.1) is 0 Å². The highest BCUT2D eigenvalue weighted by Gasteiger charge is 2.32. The number of hydrogen-bond acceptors (Lipinski definition) is 7. The Morgan fingerprint density at radius 1 is 1.09 bits per heavy atom. The lowest BCUT2D eigenvalue weighted by Gasteiger charge is -2.36. The van der Waals surface area contributed by atoms with Crippen LogP contribution in [0.5, 0.6) is 0 Å². The van der Waals surface area contributed by atoms with Crippen molar-refractivity contribution in [2.45, 2.75) is 39.0 Å². The summed E-state index contributed by atoms with van der Waals surface area (Å²) in [5.74, 6) is 0.393. The van der Waals surface area contributed by atoms with E-state index in [4.69, 9.17) is 21.0 Å². The molecule has 4 N–H and O–H groups in total. The lowest BCUT2D eigenvalue weighted by molar-refractivity contribution is -0.158. The van der Waals surface area contributed by atoms with Crippen LogP contribution < -0.4 is 11.5 Å². The fourth-order valence-corrected chi connectivity index (χ4v) is 2.24. The van der Waals surface area contributed by atoms with Crippen molar-refractivity contribution in [2.75, 3.05) is 13.2 Å². The Morgan fingerprint density at radius 3 is 2.48 bits per heavy atom. The molecule has 0 bridgehead atoms. The van der Waals surface area contributed by atoms with Crippen LogP contribution in [-0.4, -0.2) is 35.9 Å². The zero-order valence-corrected chi connectivity index (χ0v) is 13.7. The van der Waals surface area contributed by atoms with Gasteiger partial charge in [0.2, 0.25) is 11.9 Å². The molecule has 1 aromatic carbocycles. The minimum atomic E-state index is -0.653. The van der Waals surface area contributed by atoms with Crippen molar-refractivity contribution in [2.24, 2.45) is 21.5 Å². The highest BCUT2D eigenvalue weighted by molar-refractivity contribution is 5.95. The van der Waals surface area contributed by atoms with Crippen LogP contribution in [0.2, 0.25) is 0 Å². The van der Waals surface area contributed by atoms with Gasteiger partial charge in [0.15, 0.2) is 5.66 Å². The molecule has 2 rings (SSSR count). The Balaban J connectivity index is 1.61. The van der Waals surface area contributed by atoms with Gasteiger partial charge in [0.25, 0.3) is 0 Å². The topological polar surface area (TPSA) is 98.5 Å². The van der Waals surface area contributed by atoms with Crippen LogP contribution in [0.25, 0.3) is 0 Å². The van der Waals surface area contributed by atoms with E-state index in [-0.39, 0.29) is 11.9 Å². The van der Waals surface area contributed by atoms with Gasteiger partial charge in [0.1, 0.15) is 0 Å². The SMILES string of the molecule is CC1(C)N=C(N)N=C(N)N1OCCCCOCc1ccccc1. The molecule has 0 aliphatic carbocycles. The predicted octanol–water partition coefficient (Wildman–Crippen LogP) is 1.60. The second-order valence-electron chi connectivity index (χ2n) is 5.81. The first kappa shape index (κ1) is 17.2. The van der Waals surface area contributed by atoms with Gasteiger partial charge in [0.05, 0.1) is 13.2 Å². The molecule has 1 aliphatic heterocycles. The molecule has 0 saturated heterocycles. The molecule has 0 unspecified atom stereocenters. The fraction of sp³-hybridized carbons (Fsp3) is 0.500. The average Bonchev–Trinajstić information content (AvgIpc) is 2.48. The van der Waals surface area contributed by atoms with Crippen LogP contribution in [0, 0.1) is 0 Å². The number of aliphatic imine (C=N–C) groups is 2. The summed E-state index contributed by atoms with van der Waals surface area (Å²) < 4.78 is 5.63. The molecule has 0 fully saturated rings. The highest BCUT2D eigenvalue weighted by atomic mass is 16.7. The molecule has 0 amide bonds. The maximum atomic E-state index is 5.84. The first-order valence-corrected chi connectivity index (χ1v) is 7.73. The number of benzene rings is 1. The molecule has 0 radical (unpaired) electrons. The minimum absolute atomic E-state index is 0.168. The molecule has 0 saturated carbocycles. The molecule has 1 aromatic rings. The Hall–Kier alpha value is -2.12. The summed E-state index contributed by atoms with van der Waals surface area (Å²) in [6.45, 7) is 5.57. The lowest BCUT2D eigenvalue weighted by Crippen LogP contribution is -2.53. The quantitative estimate of drug-likeness (QED) is 0.709. The van der Waals surface area contributed by atoms with Crippen LogP contribution in [0.1, 0.15) is 32.3 Å². The Kier molecular flexibility index (Phi) is 5.95. The Bertz CT molecular complexity index is 557. The zero-order valence-electron chi connectivity index (χ0n) is 13.7.